The van der Waals surface area contributed by atoms with E-state index in [2.05, 4.69) is 19.2 Å². The molecule has 4 bridgehead atoms. The lowest BCUT2D eigenvalue weighted by Crippen LogP contribution is -2.55. The quantitative estimate of drug-likeness (QED) is 0.479. The van der Waals surface area contributed by atoms with Gasteiger partial charge < -0.3 is 14.8 Å². The molecule has 4 aliphatic rings. The summed E-state index contributed by atoms with van der Waals surface area (Å²) in [6.45, 7) is 5.12. The van der Waals surface area contributed by atoms with Crippen molar-refractivity contribution in [3.8, 4) is 11.5 Å². The van der Waals surface area contributed by atoms with Crippen LogP contribution in [0.1, 0.15) is 88.4 Å². The minimum Gasteiger partial charge on any atom is -0.493 e. The molecule has 4 fully saturated rings. The van der Waals surface area contributed by atoms with E-state index in [1.54, 1.807) is 7.11 Å². The van der Waals surface area contributed by atoms with Crippen molar-refractivity contribution < 1.29 is 14.3 Å². The van der Waals surface area contributed by atoms with Crippen LogP contribution in [0, 0.1) is 23.2 Å². The number of benzene rings is 1. The molecule has 0 radical (unpaired) electrons. The van der Waals surface area contributed by atoms with Gasteiger partial charge in [0.25, 0.3) is 5.91 Å². The molecule has 1 N–H and O–H groups in total. The van der Waals surface area contributed by atoms with E-state index in [4.69, 9.17) is 9.47 Å². The fourth-order valence-corrected chi connectivity index (χ4v) is 6.78. The number of carbonyl (C=O) groups is 1. The van der Waals surface area contributed by atoms with Gasteiger partial charge in [-0.15, -0.1) is 0 Å². The van der Waals surface area contributed by atoms with Gasteiger partial charge in [-0.05, 0) is 93.2 Å². The van der Waals surface area contributed by atoms with Crippen LogP contribution in [-0.4, -0.2) is 25.7 Å². The lowest BCUT2D eigenvalue weighted by atomic mass is 9.48. The highest BCUT2D eigenvalue weighted by atomic mass is 16.5. The minimum atomic E-state index is 0.00559. The van der Waals surface area contributed by atoms with Gasteiger partial charge in [-0.3, -0.25) is 4.79 Å². The summed E-state index contributed by atoms with van der Waals surface area (Å²) in [5.41, 5.74) is 0.970. The van der Waals surface area contributed by atoms with Gasteiger partial charge >= 0.3 is 0 Å². The summed E-state index contributed by atoms with van der Waals surface area (Å²) < 4.78 is 11.4. The Morgan fingerprint density at radius 3 is 2.33 bits per heavy atom. The molecule has 1 unspecified atom stereocenters. The maximum Gasteiger partial charge on any atom is 0.251 e. The molecule has 1 atom stereocenters. The Kier molecular flexibility index (Phi) is 6.60. The number of rotatable bonds is 10. The summed E-state index contributed by atoms with van der Waals surface area (Å²) in [4.78, 5) is 13.1. The summed E-state index contributed by atoms with van der Waals surface area (Å²) >= 11 is 0. The van der Waals surface area contributed by atoms with Crippen molar-refractivity contribution in [2.24, 2.45) is 23.2 Å². The summed E-state index contributed by atoms with van der Waals surface area (Å²) in [7, 11) is 1.64. The number of nitrogens with one attached hydrogen (secondary N) is 1. The third-order valence-corrected chi connectivity index (χ3v) is 8.03. The number of hydrogen-bond acceptors (Lipinski definition) is 3. The number of methoxy groups -OCH3 is 1. The van der Waals surface area contributed by atoms with Gasteiger partial charge in [-0.25, -0.2) is 0 Å². The van der Waals surface area contributed by atoms with Gasteiger partial charge in [-0.2, -0.15) is 0 Å². The van der Waals surface area contributed by atoms with Gasteiger partial charge in [0, 0.05) is 11.6 Å². The second-order valence-corrected chi connectivity index (χ2v) is 10.2. The van der Waals surface area contributed by atoms with Crippen molar-refractivity contribution in [1.29, 1.82) is 0 Å². The molecule has 4 aliphatic carbocycles. The predicted octanol–water partition coefficient (Wildman–Crippen LogP) is 5.99. The Labute approximate surface area is 182 Å². The van der Waals surface area contributed by atoms with Crippen LogP contribution in [0.4, 0.5) is 0 Å². The van der Waals surface area contributed by atoms with Gasteiger partial charge in [0.2, 0.25) is 0 Å². The molecule has 0 spiro atoms. The number of hydrogen-bond donors (Lipinski definition) is 1. The zero-order valence-corrected chi connectivity index (χ0v) is 19.0. The number of unbranched alkanes of at least 4 members (excludes halogenated alkanes) is 3. The van der Waals surface area contributed by atoms with E-state index in [1.165, 1.54) is 57.8 Å². The highest BCUT2D eigenvalue weighted by molar-refractivity contribution is 5.95. The maximum absolute atomic E-state index is 13.1. The first kappa shape index (κ1) is 21.5. The molecule has 0 heterocycles. The first-order valence-electron chi connectivity index (χ1n) is 12.1. The van der Waals surface area contributed by atoms with Crippen LogP contribution < -0.4 is 14.8 Å². The molecule has 166 valence electrons. The minimum absolute atomic E-state index is 0.00559. The molecule has 1 aromatic carbocycles. The second kappa shape index (κ2) is 9.20. The van der Waals surface area contributed by atoms with Crippen LogP contribution >= 0.6 is 0 Å². The number of carbonyl (C=O) groups excluding carboxylic acids is 1. The molecule has 5 rings (SSSR count). The molecule has 4 heteroatoms. The lowest BCUT2D eigenvalue weighted by Gasteiger charge is -2.59. The number of ether oxygens (including phenoxy) is 2. The van der Waals surface area contributed by atoms with Crippen molar-refractivity contribution in [3.63, 3.8) is 0 Å². The lowest BCUT2D eigenvalue weighted by molar-refractivity contribution is -0.0688. The largest absolute Gasteiger partial charge is 0.493 e. The van der Waals surface area contributed by atoms with Crippen LogP contribution in [0.25, 0.3) is 0 Å². The Morgan fingerprint density at radius 1 is 1.07 bits per heavy atom. The van der Waals surface area contributed by atoms with Crippen LogP contribution in [0.15, 0.2) is 18.2 Å². The van der Waals surface area contributed by atoms with E-state index in [1.807, 2.05) is 18.2 Å². The van der Waals surface area contributed by atoms with Crippen LogP contribution in [0.3, 0.4) is 0 Å². The van der Waals surface area contributed by atoms with Gasteiger partial charge in [0.1, 0.15) is 0 Å². The summed E-state index contributed by atoms with van der Waals surface area (Å²) in [6.07, 6.45) is 12.9. The van der Waals surface area contributed by atoms with E-state index < -0.39 is 0 Å². The van der Waals surface area contributed by atoms with E-state index >= 15 is 0 Å². The Balaban J connectivity index is 1.37. The van der Waals surface area contributed by atoms with E-state index in [9.17, 15) is 4.79 Å². The van der Waals surface area contributed by atoms with Crippen molar-refractivity contribution >= 4 is 5.91 Å². The fourth-order valence-electron chi connectivity index (χ4n) is 6.78. The molecule has 4 saturated carbocycles. The SMILES string of the molecule is CCCCCCOc1ccc(C(=O)NC(C)C23CC4CC(CC(C4)C2)C3)cc1OC. The molecule has 0 saturated heterocycles. The van der Waals surface area contributed by atoms with Crippen LogP contribution in [0.5, 0.6) is 11.5 Å². The first-order chi connectivity index (χ1) is 14.5. The van der Waals surface area contributed by atoms with Gasteiger partial charge in [0.05, 0.1) is 13.7 Å². The normalized spacial score (nSPS) is 30.2. The van der Waals surface area contributed by atoms with Crippen LogP contribution in [0.2, 0.25) is 0 Å². The third kappa shape index (κ3) is 4.48. The van der Waals surface area contributed by atoms with E-state index in [0.717, 1.165) is 29.9 Å². The molecule has 1 aromatic rings. The summed E-state index contributed by atoms with van der Waals surface area (Å²) in [5, 5.41) is 3.36. The standard InChI is InChI=1S/C26H39NO3/c1-4-5-6-7-10-30-23-9-8-22(14-24(23)29-3)25(28)27-18(2)26-15-19-11-20(16-26)13-21(12-19)17-26/h8-9,14,18-21H,4-7,10-13,15-17H2,1-3H3,(H,27,28). The molecule has 30 heavy (non-hydrogen) atoms. The maximum atomic E-state index is 13.1. The first-order valence-corrected chi connectivity index (χ1v) is 12.1. The molecule has 4 nitrogen and oxygen atoms in total. The molecule has 0 aromatic heterocycles. The zero-order chi connectivity index (χ0) is 21.1. The zero-order valence-electron chi connectivity index (χ0n) is 19.0. The molecular weight excluding hydrogens is 374 g/mol. The molecule has 1 amide bonds. The van der Waals surface area contributed by atoms with Crippen LogP contribution in [-0.2, 0) is 0 Å². The van der Waals surface area contributed by atoms with Gasteiger partial charge in [-0.1, -0.05) is 26.2 Å². The topological polar surface area (TPSA) is 47.6 Å². The van der Waals surface area contributed by atoms with Crippen molar-refractivity contribution in [3.05, 3.63) is 23.8 Å². The Bertz CT molecular complexity index is 709. The molecular formula is C26H39NO3. The summed E-state index contributed by atoms with van der Waals surface area (Å²) in [5.74, 6) is 4.05. The average molecular weight is 414 g/mol. The predicted molar refractivity (Wildman–Crippen MR) is 120 cm³/mol. The highest BCUT2D eigenvalue weighted by Crippen LogP contribution is 2.61. The van der Waals surface area contributed by atoms with Crippen molar-refractivity contribution in [1.82, 2.24) is 5.32 Å². The highest BCUT2D eigenvalue weighted by Gasteiger charge is 2.53. The summed E-state index contributed by atoms with van der Waals surface area (Å²) in [6, 6.07) is 5.79. The average Bonchev–Trinajstić information content (AvgIpc) is 2.72. The third-order valence-electron chi connectivity index (χ3n) is 8.03. The monoisotopic (exact) mass is 413 g/mol. The van der Waals surface area contributed by atoms with E-state index in [0.29, 0.717) is 23.3 Å². The van der Waals surface area contributed by atoms with E-state index in [-0.39, 0.29) is 11.9 Å². The Morgan fingerprint density at radius 2 is 1.73 bits per heavy atom. The van der Waals surface area contributed by atoms with Crippen molar-refractivity contribution in [2.75, 3.05) is 13.7 Å². The second-order valence-electron chi connectivity index (χ2n) is 10.2. The Hall–Kier alpha value is -1.71. The number of amides is 1. The molecule has 0 aliphatic heterocycles. The fraction of sp³-hybridized carbons (Fsp3) is 0.731. The smallest absolute Gasteiger partial charge is 0.251 e. The van der Waals surface area contributed by atoms with Crippen molar-refractivity contribution in [2.45, 2.75) is 84.1 Å². The van der Waals surface area contributed by atoms with Gasteiger partial charge in [0.15, 0.2) is 11.5 Å².